The Bertz CT molecular complexity index is 360. The molecule has 0 aromatic carbocycles. The lowest BCUT2D eigenvalue weighted by Gasteiger charge is -2.07. The monoisotopic (exact) mass is 193 g/mol. The molecular weight excluding hydrogens is 181 g/mol. The van der Waals surface area contributed by atoms with Crippen molar-refractivity contribution in [2.24, 2.45) is 11.8 Å². The highest BCUT2D eigenvalue weighted by Crippen LogP contribution is 2.37. The van der Waals surface area contributed by atoms with Crippen LogP contribution >= 0.6 is 0 Å². The molecule has 0 bridgehead atoms. The van der Waals surface area contributed by atoms with Gasteiger partial charge >= 0.3 is 0 Å². The molecule has 1 atom stereocenters. The molecule has 1 aliphatic carbocycles. The SMILES string of the molecule is CC(C(=O)c1cncc(F)c1)C1CC1. The lowest BCUT2D eigenvalue weighted by molar-refractivity contribution is 0.0915. The summed E-state index contributed by atoms with van der Waals surface area (Å²) in [5, 5.41) is 0. The summed E-state index contributed by atoms with van der Waals surface area (Å²) in [5.41, 5.74) is 0.393. The van der Waals surface area contributed by atoms with Crippen molar-refractivity contribution in [3.8, 4) is 0 Å². The number of carbonyl (C=O) groups excluding carboxylic acids is 1. The average Bonchev–Trinajstić information content (AvgIpc) is 2.99. The van der Waals surface area contributed by atoms with Crippen LogP contribution in [0, 0.1) is 17.7 Å². The number of aromatic nitrogens is 1. The minimum Gasteiger partial charge on any atom is -0.294 e. The van der Waals surface area contributed by atoms with Crippen molar-refractivity contribution in [3.63, 3.8) is 0 Å². The molecule has 1 aromatic rings. The third-order valence-electron chi connectivity index (χ3n) is 2.73. The Balaban J connectivity index is 2.17. The summed E-state index contributed by atoms with van der Waals surface area (Å²) in [5.74, 6) is 0.0858. The van der Waals surface area contributed by atoms with Gasteiger partial charge in [0.15, 0.2) is 5.78 Å². The molecule has 1 aliphatic rings. The van der Waals surface area contributed by atoms with E-state index in [1.807, 2.05) is 6.92 Å². The lowest BCUT2D eigenvalue weighted by atomic mass is 9.96. The van der Waals surface area contributed by atoms with E-state index in [0.717, 1.165) is 19.0 Å². The minimum atomic E-state index is -0.446. The summed E-state index contributed by atoms with van der Waals surface area (Å²) in [6, 6.07) is 1.26. The van der Waals surface area contributed by atoms with Crippen LogP contribution in [0.15, 0.2) is 18.5 Å². The topological polar surface area (TPSA) is 30.0 Å². The van der Waals surface area contributed by atoms with E-state index in [0.29, 0.717) is 11.5 Å². The number of nitrogens with zero attached hydrogens (tertiary/aromatic N) is 1. The third kappa shape index (κ3) is 1.81. The average molecular weight is 193 g/mol. The van der Waals surface area contributed by atoms with Crippen LogP contribution < -0.4 is 0 Å². The van der Waals surface area contributed by atoms with Gasteiger partial charge in [-0.2, -0.15) is 0 Å². The molecule has 2 rings (SSSR count). The molecule has 0 radical (unpaired) electrons. The van der Waals surface area contributed by atoms with Crippen molar-refractivity contribution < 1.29 is 9.18 Å². The molecule has 1 heterocycles. The first-order valence-corrected chi connectivity index (χ1v) is 4.83. The molecule has 1 unspecified atom stereocenters. The Kier molecular flexibility index (Phi) is 2.32. The summed E-state index contributed by atoms with van der Waals surface area (Å²) < 4.78 is 12.8. The quantitative estimate of drug-likeness (QED) is 0.690. The Morgan fingerprint density at radius 2 is 2.29 bits per heavy atom. The molecule has 1 aromatic heterocycles. The third-order valence-corrected chi connectivity index (χ3v) is 2.73. The van der Waals surface area contributed by atoms with Gasteiger partial charge in [0, 0.05) is 17.7 Å². The summed E-state index contributed by atoms with van der Waals surface area (Å²) in [6.45, 7) is 1.91. The second-order valence-corrected chi connectivity index (χ2v) is 3.88. The fraction of sp³-hybridized carbons (Fsp3) is 0.455. The van der Waals surface area contributed by atoms with Gasteiger partial charge in [-0.05, 0) is 24.8 Å². The summed E-state index contributed by atoms with van der Waals surface area (Å²) in [4.78, 5) is 15.4. The van der Waals surface area contributed by atoms with Gasteiger partial charge in [-0.25, -0.2) is 4.39 Å². The number of pyridine rings is 1. The van der Waals surface area contributed by atoms with Crippen LogP contribution in [-0.4, -0.2) is 10.8 Å². The Morgan fingerprint density at radius 3 is 2.86 bits per heavy atom. The summed E-state index contributed by atoms with van der Waals surface area (Å²) in [7, 11) is 0. The van der Waals surface area contributed by atoms with E-state index in [1.54, 1.807) is 0 Å². The van der Waals surface area contributed by atoms with Crippen molar-refractivity contribution >= 4 is 5.78 Å². The predicted molar refractivity (Wildman–Crippen MR) is 50.4 cm³/mol. The molecule has 0 aliphatic heterocycles. The van der Waals surface area contributed by atoms with Crippen LogP contribution in [0.2, 0.25) is 0 Å². The number of hydrogen-bond acceptors (Lipinski definition) is 2. The highest BCUT2D eigenvalue weighted by Gasteiger charge is 2.33. The van der Waals surface area contributed by atoms with Gasteiger partial charge in [-0.15, -0.1) is 0 Å². The summed E-state index contributed by atoms with van der Waals surface area (Å²) in [6.07, 6.45) is 4.79. The number of rotatable bonds is 3. The maximum atomic E-state index is 12.8. The Morgan fingerprint density at radius 1 is 1.57 bits per heavy atom. The van der Waals surface area contributed by atoms with Gasteiger partial charge in [-0.1, -0.05) is 6.92 Å². The van der Waals surface area contributed by atoms with Crippen molar-refractivity contribution in [3.05, 3.63) is 29.8 Å². The molecule has 3 heteroatoms. The number of ketones is 1. The van der Waals surface area contributed by atoms with E-state index in [1.165, 1.54) is 12.3 Å². The first kappa shape index (κ1) is 9.31. The van der Waals surface area contributed by atoms with Crippen LogP contribution in [0.5, 0.6) is 0 Å². The van der Waals surface area contributed by atoms with Crippen molar-refractivity contribution in [2.75, 3.05) is 0 Å². The van der Waals surface area contributed by atoms with E-state index in [4.69, 9.17) is 0 Å². The molecule has 0 N–H and O–H groups in total. The van der Waals surface area contributed by atoms with E-state index >= 15 is 0 Å². The Labute approximate surface area is 82.2 Å². The molecule has 14 heavy (non-hydrogen) atoms. The number of hydrogen-bond donors (Lipinski definition) is 0. The fourth-order valence-electron chi connectivity index (χ4n) is 1.62. The van der Waals surface area contributed by atoms with Crippen molar-refractivity contribution in [1.29, 1.82) is 0 Å². The van der Waals surface area contributed by atoms with Crippen molar-refractivity contribution in [2.45, 2.75) is 19.8 Å². The smallest absolute Gasteiger partial charge is 0.167 e. The number of Topliss-reactive ketones (excluding diaryl/α,β-unsaturated/α-hetero) is 1. The maximum absolute atomic E-state index is 12.8. The molecule has 0 saturated heterocycles. The molecule has 1 fully saturated rings. The second kappa shape index (κ2) is 3.48. The molecule has 74 valence electrons. The van der Waals surface area contributed by atoms with E-state index in [-0.39, 0.29) is 11.7 Å². The normalized spacial score (nSPS) is 17.9. The second-order valence-electron chi connectivity index (χ2n) is 3.88. The van der Waals surface area contributed by atoms with Crippen LogP contribution in [0.25, 0.3) is 0 Å². The zero-order valence-electron chi connectivity index (χ0n) is 8.03. The van der Waals surface area contributed by atoms with Crippen LogP contribution in [0.3, 0.4) is 0 Å². The van der Waals surface area contributed by atoms with Gasteiger partial charge in [-0.3, -0.25) is 9.78 Å². The number of halogens is 1. The fourth-order valence-corrected chi connectivity index (χ4v) is 1.62. The van der Waals surface area contributed by atoms with E-state index in [9.17, 15) is 9.18 Å². The Hall–Kier alpha value is -1.25. The van der Waals surface area contributed by atoms with E-state index in [2.05, 4.69) is 4.98 Å². The largest absolute Gasteiger partial charge is 0.294 e. The first-order valence-electron chi connectivity index (χ1n) is 4.83. The van der Waals surface area contributed by atoms with Gasteiger partial charge in [0.05, 0.1) is 6.20 Å². The van der Waals surface area contributed by atoms with Crippen LogP contribution in [0.4, 0.5) is 4.39 Å². The van der Waals surface area contributed by atoms with Crippen LogP contribution in [-0.2, 0) is 0 Å². The molecular formula is C11H12FNO. The standard InChI is InChI=1S/C11H12FNO/c1-7(8-2-3-8)11(14)9-4-10(12)6-13-5-9/h4-8H,2-3H2,1H3. The maximum Gasteiger partial charge on any atom is 0.167 e. The minimum absolute atomic E-state index is 0.0126. The molecule has 0 amide bonds. The predicted octanol–water partition coefficient (Wildman–Crippen LogP) is 2.45. The molecule has 2 nitrogen and oxygen atoms in total. The highest BCUT2D eigenvalue weighted by atomic mass is 19.1. The van der Waals surface area contributed by atoms with E-state index < -0.39 is 5.82 Å². The number of carbonyl (C=O) groups is 1. The van der Waals surface area contributed by atoms with Gasteiger partial charge < -0.3 is 0 Å². The van der Waals surface area contributed by atoms with Gasteiger partial charge in [0.2, 0.25) is 0 Å². The van der Waals surface area contributed by atoms with Crippen LogP contribution in [0.1, 0.15) is 30.1 Å². The summed E-state index contributed by atoms with van der Waals surface area (Å²) >= 11 is 0. The first-order chi connectivity index (χ1) is 6.68. The lowest BCUT2D eigenvalue weighted by Crippen LogP contribution is -2.13. The van der Waals surface area contributed by atoms with Gasteiger partial charge in [0.25, 0.3) is 0 Å². The zero-order chi connectivity index (χ0) is 10.1. The zero-order valence-corrected chi connectivity index (χ0v) is 8.03. The highest BCUT2D eigenvalue weighted by molar-refractivity contribution is 5.97. The van der Waals surface area contributed by atoms with Gasteiger partial charge in [0.1, 0.15) is 5.82 Å². The molecule has 1 saturated carbocycles. The molecule has 0 spiro atoms. The van der Waals surface area contributed by atoms with Crippen molar-refractivity contribution in [1.82, 2.24) is 4.98 Å².